The number of nitrogens with zero attached hydrogens (tertiary/aromatic N) is 2. The molecule has 3 rings (SSSR count). The van der Waals surface area contributed by atoms with Gasteiger partial charge in [0.1, 0.15) is 15.3 Å². The third-order valence-corrected chi connectivity index (χ3v) is 6.18. The maximum absolute atomic E-state index is 13.2. The molecule has 1 amide bonds. The van der Waals surface area contributed by atoms with Crippen LogP contribution in [-0.4, -0.2) is 46.3 Å². The highest BCUT2D eigenvalue weighted by atomic mass is 32.2. The van der Waals surface area contributed by atoms with Crippen LogP contribution in [-0.2, 0) is 4.79 Å². The molecule has 0 radical (unpaired) electrons. The Bertz CT molecular complexity index is 896. The number of hydrogen-bond acceptors (Lipinski definition) is 5. The van der Waals surface area contributed by atoms with E-state index in [-0.39, 0.29) is 5.91 Å². The van der Waals surface area contributed by atoms with Crippen molar-refractivity contribution < 1.29 is 9.53 Å². The zero-order chi connectivity index (χ0) is 20.1. The maximum atomic E-state index is 13.2. The lowest BCUT2D eigenvalue weighted by atomic mass is 10.1. The molecule has 0 saturated carbocycles. The van der Waals surface area contributed by atoms with Gasteiger partial charge in [-0.2, -0.15) is 0 Å². The molecule has 2 aromatic rings. The van der Waals surface area contributed by atoms with Crippen molar-refractivity contribution in [2.75, 3.05) is 25.5 Å². The molecule has 1 N–H and O–H groups in total. The zero-order valence-corrected chi connectivity index (χ0v) is 17.8. The molecule has 0 bridgehead atoms. The highest BCUT2D eigenvalue weighted by Crippen LogP contribution is 2.35. The number of carbonyl (C=O) groups is 1. The van der Waals surface area contributed by atoms with Gasteiger partial charge in [0.25, 0.3) is 0 Å². The van der Waals surface area contributed by atoms with Gasteiger partial charge in [-0.05, 0) is 31.5 Å². The number of methoxy groups -OCH3 is 1. The first-order chi connectivity index (χ1) is 13.6. The monoisotopic (exact) mass is 413 g/mol. The summed E-state index contributed by atoms with van der Waals surface area (Å²) < 4.78 is 5.98. The fraction of sp³-hybridized carbons (Fsp3) is 0.286. The smallest absolute Gasteiger partial charge is 0.244 e. The van der Waals surface area contributed by atoms with Crippen molar-refractivity contribution in [3.8, 4) is 5.75 Å². The highest BCUT2D eigenvalue weighted by molar-refractivity contribution is 8.24. The quantitative estimate of drug-likeness (QED) is 0.732. The molecular formula is C21H23N3O2S2. The van der Waals surface area contributed by atoms with Gasteiger partial charge >= 0.3 is 0 Å². The highest BCUT2D eigenvalue weighted by Gasteiger charge is 2.32. The SMILES string of the molecule is CCN(CC)C(=S)SC1C(=O)Nc2cc(OC)ccc2N=C1c1ccccc1. The van der Waals surface area contributed by atoms with Crippen LogP contribution in [0.5, 0.6) is 5.75 Å². The summed E-state index contributed by atoms with van der Waals surface area (Å²) in [6.45, 7) is 5.70. The molecule has 1 aliphatic heterocycles. The van der Waals surface area contributed by atoms with Crippen molar-refractivity contribution in [3.05, 3.63) is 54.1 Å². The second kappa shape index (κ2) is 9.21. The van der Waals surface area contributed by atoms with Gasteiger partial charge in [0.15, 0.2) is 0 Å². The van der Waals surface area contributed by atoms with E-state index in [2.05, 4.69) is 24.1 Å². The first-order valence-corrected chi connectivity index (χ1v) is 10.4. The summed E-state index contributed by atoms with van der Waals surface area (Å²) in [5.41, 5.74) is 2.93. The van der Waals surface area contributed by atoms with Crippen LogP contribution in [0.2, 0.25) is 0 Å². The van der Waals surface area contributed by atoms with Crippen LogP contribution in [0.4, 0.5) is 11.4 Å². The number of aliphatic imine (C=N–C) groups is 1. The fourth-order valence-electron chi connectivity index (χ4n) is 2.94. The minimum Gasteiger partial charge on any atom is -0.497 e. The minimum atomic E-state index is -0.547. The van der Waals surface area contributed by atoms with Gasteiger partial charge in [0.2, 0.25) is 5.91 Å². The Morgan fingerprint density at radius 2 is 1.93 bits per heavy atom. The first kappa shape index (κ1) is 20.4. The van der Waals surface area contributed by atoms with Gasteiger partial charge in [-0.25, -0.2) is 4.99 Å². The van der Waals surface area contributed by atoms with Crippen LogP contribution in [0, 0.1) is 0 Å². The minimum absolute atomic E-state index is 0.144. The number of benzene rings is 2. The number of thiocarbonyl (C=S) groups is 1. The molecular weight excluding hydrogens is 390 g/mol. The van der Waals surface area contributed by atoms with E-state index in [1.54, 1.807) is 13.2 Å². The largest absolute Gasteiger partial charge is 0.497 e. The molecule has 7 heteroatoms. The third-order valence-electron chi connectivity index (χ3n) is 4.50. The van der Waals surface area contributed by atoms with Crippen molar-refractivity contribution in [1.29, 1.82) is 0 Å². The van der Waals surface area contributed by atoms with E-state index in [0.717, 1.165) is 18.7 Å². The summed E-state index contributed by atoms with van der Waals surface area (Å²) >= 11 is 6.98. The van der Waals surface area contributed by atoms with Crippen molar-refractivity contribution in [2.45, 2.75) is 19.1 Å². The van der Waals surface area contributed by atoms with Crippen LogP contribution in [0.3, 0.4) is 0 Å². The molecule has 0 aromatic heterocycles. The normalized spacial score (nSPS) is 15.8. The van der Waals surface area contributed by atoms with Crippen molar-refractivity contribution in [3.63, 3.8) is 0 Å². The van der Waals surface area contributed by atoms with Crippen LogP contribution in [0.15, 0.2) is 53.5 Å². The van der Waals surface area contributed by atoms with Gasteiger partial charge in [0, 0.05) is 19.2 Å². The fourth-order valence-corrected chi connectivity index (χ4v) is 4.56. The van der Waals surface area contributed by atoms with Crippen LogP contribution in [0.1, 0.15) is 19.4 Å². The van der Waals surface area contributed by atoms with E-state index in [4.69, 9.17) is 21.9 Å². The molecule has 0 fully saturated rings. The number of carbonyl (C=O) groups excluding carboxylic acids is 1. The number of fused-ring (bicyclic) bond motifs is 1. The number of thioether (sulfide) groups is 1. The molecule has 0 saturated heterocycles. The number of nitrogens with one attached hydrogen (secondary N) is 1. The van der Waals surface area contributed by atoms with Crippen LogP contribution >= 0.6 is 24.0 Å². The molecule has 28 heavy (non-hydrogen) atoms. The Hall–Kier alpha value is -2.38. The molecule has 1 aliphatic rings. The summed E-state index contributed by atoms with van der Waals surface area (Å²) in [7, 11) is 1.60. The Kier molecular flexibility index (Phi) is 6.70. The predicted octanol–water partition coefficient (Wildman–Crippen LogP) is 4.50. The summed E-state index contributed by atoms with van der Waals surface area (Å²) in [6, 6.07) is 15.2. The summed E-state index contributed by atoms with van der Waals surface area (Å²) in [5.74, 6) is 0.523. The Balaban J connectivity index is 2.05. The van der Waals surface area contributed by atoms with Crippen molar-refractivity contribution in [1.82, 2.24) is 4.90 Å². The molecule has 1 unspecified atom stereocenters. The molecule has 2 aromatic carbocycles. The first-order valence-electron chi connectivity index (χ1n) is 9.15. The number of rotatable bonds is 5. The average molecular weight is 414 g/mol. The Labute approximate surface area is 175 Å². The lowest BCUT2D eigenvalue weighted by Crippen LogP contribution is -2.36. The van der Waals surface area contributed by atoms with E-state index in [1.807, 2.05) is 42.5 Å². The molecule has 0 spiro atoms. The molecule has 1 atom stereocenters. The van der Waals surface area contributed by atoms with E-state index < -0.39 is 5.25 Å². The molecule has 5 nitrogen and oxygen atoms in total. The lowest BCUT2D eigenvalue weighted by Gasteiger charge is -2.24. The van der Waals surface area contributed by atoms with Gasteiger partial charge in [0.05, 0.1) is 24.2 Å². The summed E-state index contributed by atoms with van der Waals surface area (Å²) in [5, 5.41) is 2.45. The molecule has 1 heterocycles. The standard InChI is InChI=1S/C21H23N3O2S2/c1-4-24(5-2)21(27)28-19-18(14-9-7-6-8-10-14)22-16-12-11-15(26-3)13-17(16)23-20(19)25/h6-13,19H,4-5H2,1-3H3,(H,23,25). The van der Waals surface area contributed by atoms with E-state index in [9.17, 15) is 4.79 Å². The second-order valence-corrected chi connectivity index (χ2v) is 7.91. The summed E-state index contributed by atoms with van der Waals surface area (Å²) in [6.07, 6.45) is 0. The van der Waals surface area contributed by atoms with Crippen molar-refractivity contribution >= 4 is 51.3 Å². The lowest BCUT2D eigenvalue weighted by molar-refractivity contribution is -0.114. The Morgan fingerprint density at radius 3 is 2.57 bits per heavy atom. The van der Waals surface area contributed by atoms with Gasteiger partial charge in [-0.1, -0.05) is 54.3 Å². The van der Waals surface area contributed by atoms with E-state index >= 15 is 0 Å². The Morgan fingerprint density at radius 1 is 1.21 bits per heavy atom. The topological polar surface area (TPSA) is 53.9 Å². The van der Waals surface area contributed by atoms with E-state index in [0.29, 0.717) is 27.2 Å². The average Bonchev–Trinajstić information content (AvgIpc) is 2.85. The van der Waals surface area contributed by atoms with Gasteiger partial charge in [-0.15, -0.1) is 0 Å². The third kappa shape index (κ3) is 4.36. The second-order valence-electron chi connectivity index (χ2n) is 6.17. The van der Waals surface area contributed by atoms with E-state index in [1.165, 1.54) is 11.8 Å². The van der Waals surface area contributed by atoms with Crippen molar-refractivity contribution in [2.24, 2.45) is 4.99 Å². The van der Waals surface area contributed by atoms with Crippen LogP contribution in [0.25, 0.3) is 0 Å². The van der Waals surface area contributed by atoms with Crippen LogP contribution < -0.4 is 10.1 Å². The zero-order valence-electron chi connectivity index (χ0n) is 16.1. The van der Waals surface area contributed by atoms with Gasteiger partial charge in [-0.3, -0.25) is 4.79 Å². The summed E-state index contributed by atoms with van der Waals surface area (Å²) in [4.78, 5) is 20.1. The number of amides is 1. The maximum Gasteiger partial charge on any atom is 0.244 e. The van der Waals surface area contributed by atoms with Gasteiger partial charge < -0.3 is 15.0 Å². The number of anilines is 1. The number of ether oxygens (including phenoxy) is 1. The molecule has 146 valence electrons. The predicted molar refractivity (Wildman–Crippen MR) is 121 cm³/mol. The number of hydrogen-bond donors (Lipinski definition) is 1. The molecule has 0 aliphatic carbocycles.